The molecule has 0 radical (unpaired) electrons. The molecule has 116 valence electrons. The first-order valence-corrected chi connectivity index (χ1v) is 8.00. The number of nitrogen functional groups attached to an aromatic ring is 1. The zero-order chi connectivity index (χ0) is 15.5. The van der Waals surface area contributed by atoms with Gasteiger partial charge in [0, 0.05) is 11.9 Å². The van der Waals surface area contributed by atoms with Crippen molar-refractivity contribution in [2.24, 2.45) is 0 Å². The van der Waals surface area contributed by atoms with Crippen molar-refractivity contribution in [3.8, 4) is 0 Å². The lowest BCUT2D eigenvalue weighted by molar-refractivity contribution is 0.589. The van der Waals surface area contributed by atoms with Crippen LogP contribution in [0, 0.1) is 0 Å². The second kappa shape index (κ2) is 6.32. The first-order valence-electron chi connectivity index (χ1n) is 8.00. The number of nitrogens with zero attached hydrogens (tertiary/aromatic N) is 3. The maximum atomic E-state index is 6.15. The fourth-order valence-electron chi connectivity index (χ4n) is 2.83. The van der Waals surface area contributed by atoms with Crippen LogP contribution in [0.5, 0.6) is 0 Å². The monoisotopic (exact) mass is 297 g/mol. The Morgan fingerprint density at radius 1 is 1.18 bits per heavy atom. The number of nitrogens with one attached hydrogen (secondary N) is 1. The van der Waals surface area contributed by atoms with E-state index in [2.05, 4.69) is 34.8 Å². The van der Waals surface area contributed by atoms with E-state index in [1.807, 2.05) is 18.2 Å². The molecule has 5 nitrogen and oxygen atoms in total. The highest BCUT2D eigenvalue weighted by Gasteiger charge is 2.16. The summed E-state index contributed by atoms with van der Waals surface area (Å²) in [6, 6.07) is 8.14. The van der Waals surface area contributed by atoms with Gasteiger partial charge in [-0.3, -0.25) is 0 Å². The average Bonchev–Trinajstić information content (AvgIpc) is 2.90. The van der Waals surface area contributed by atoms with Crippen LogP contribution >= 0.6 is 0 Å². The van der Waals surface area contributed by atoms with Crippen molar-refractivity contribution in [3.05, 3.63) is 30.1 Å². The Labute approximate surface area is 130 Å². The van der Waals surface area contributed by atoms with Crippen molar-refractivity contribution in [2.75, 3.05) is 12.3 Å². The average molecular weight is 297 g/mol. The van der Waals surface area contributed by atoms with Crippen LogP contribution in [0.15, 0.2) is 24.3 Å². The van der Waals surface area contributed by atoms with Crippen molar-refractivity contribution in [2.45, 2.75) is 39.8 Å². The quantitative estimate of drug-likeness (QED) is 0.733. The van der Waals surface area contributed by atoms with Crippen molar-refractivity contribution >= 4 is 27.8 Å². The Morgan fingerprint density at radius 3 is 2.77 bits per heavy atom. The highest BCUT2D eigenvalue weighted by Crippen LogP contribution is 2.29. The lowest BCUT2D eigenvalue weighted by Gasteiger charge is -2.10. The van der Waals surface area contributed by atoms with E-state index in [9.17, 15) is 0 Å². The summed E-state index contributed by atoms with van der Waals surface area (Å²) in [6.45, 7) is 6.94. The van der Waals surface area contributed by atoms with Gasteiger partial charge in [0.15, 0.2) is 5.82 Å². The summed E-state index contributed by atoms with van der Waals surface area (Å²) in [4.78, 5) is 9.27. The first kappa shape index (κ1) is 14.8. The standard InChI is InChI=1S/C17H23N5/c1-3-5-10-22-14(11-19-4-2)21-15-16(22)12-8-6-7-9-13(12)20-17(15)18/h6-9,19H,3-5,10-11H2,1-2H3,(H2,18,20). The molecule has 22 heavy (non-hydrogen) atoms. The van der Waals surface area contributed by atoms with Crippen LogP contribution in [-0.2, 0) is 13.1 Å². The summed E-state index contributed by atoms with van der Waals surface area (Å²) in [7, 11) is 0. The molecule has 0 amide bonds. The molecular formula is C17H23N5. The van der Waals surface area contributed by atoms with E-state index in [4.69, 9.17) is 10.7 Å². The Kier molecular flexibility index (Phi) is 4.24. The lowest BCUT2D eigenvalue weighted by atomic mass is 10.2. The van der Waals surface area contributed by atoms with E-state index < -0.39 is 0 Å². The third-order valence-electron chi connectivity index (χ3n) is 3.96. The number of nitrogens with two attached hydrogens (primary N) is 1. The van der Waals surface area contributed by atoms with Crippen molar-refractivity contribution in [1.82, 2.24) is 19.9 Å². The predicted octanol–water partition coefficient (Wildman–Crippen LogP) is 3.08. The van der Waals surface area contributed by atoms with Crippen LogP contribution in [-0.4, -0.2) is 21.1 Å². The number of benzene rings is 1. The van der Waals surface area contributed by atoms with Crippen molar-refractivity contribution in [3.63, 3.8) is 0 Å². The SMILES string of the molecule is CCCCn1c(CNCC)nc2c(N)nc3ccccc3c21. The second-order valence-corrected chi connectivity index (χ2v) is 5.52. The smallest absolute Gasteiger partial charge is 0.152 e. The number of aryl methyl sites for hydroxylation is 1. The van der Waals surface area contributed by atoms with E-state index in [0.717, 1.165) is 60.2 Å². The molecule has 0 saturated carbocycles. The number of pyridine rings is 1. The van der Waals surface area contributed by atoms with Crippen molar-refractivity contribution < 1.29 is 0 Å². The number of fused-ring (bicyclic) bond motifs is 3. The second-order valence-electron chi connectivity index (χ2n) is 5.52. The number of aromatic nitrogens is 3. The van der Waals surface area contributed by atoms with E-state index in [1.165, 1.54) is 0 Å². The number of hydrogen-bond donors (Lipinski definition) is 2. The summed E-state index contributed by atoms with van der Waals surface area (Å²) >= 11 is 0. The van der Waals surface area contributed by atoms with E-state index in [-0.39, 0.29) is 0 Å². The maximum absolute atomic E-state index is 6.15. The molecule has 0 spiro atoms. The molecule has 0 aliphatic rings. The predicted molar refractivity (Wildman–Crippen MR) is 91.7 cm³/mol. The number of anilines is 1. The molecule has 3 N–H and O–H groups in total. The van der Waals surface area contributed by atoms with Crippen LogP contribution in [0.4, 0.5) is 5.82 Å². The van der Waals surface area contributed by atoms with Gasteiger partial charge in [-0.25, -0.2) is 9.97 Å². The van der Waals surface area contributed by atoms with Gasteiger partial charge < -0.3 is 15.6 Å². The number of rotatable bonds is 6. The molecule has 0 aliphatic heterocycles. The zero-order valence-corrected chi connectivity index (χ0v) is 13.3. The summed E-state index contributed by atoms with van der Waals surface area (Å²) in [5, 5.41) is 4.49. The molecule has 5 heteroatoms. The van der Waals surface area contributed by atoms with E-state index >= 15 is 0 Å². The fourth-order valence-corrected chi connectivity index (χ4v) is 2.83. The third-order valence-corrected chi connectivity index (χ3v) is 3.96. The highest BCUT2D eigenvalue weighted by atomic mass is 15.1. The minimum Gasteiger partial charge on any atom is -0.382 e. The molecule has 0 fully saturated rings. The molecule has 1 aromatic carbocycles. The highest BCUT2D eigenvalue weighted by molar-refractivity contribution is 6.06. The Bertz CT molecular complexity index is 790. The van der Waals surface area contributed by atoms with Gasteiger partial charge in [0.1, 0.15) is 11.3 Å². The molecule has 0 unspecified atom stereocenters. The largest absolute Gasteiger partial charge is 0.382 e. The molecule has 2 heterocycles. The van der Waals surface area contributed by atoms with Crippen molar-refractivity contribution in [1.29, 1.82) is 0 Å². The Morgan fingerprint density at radius 2 is 2.00 bits per heavy atom. The molecule has 0 saturated heterocycles. The first-order chi connectivity index (χ1) is 10.8. The summed E-state index contributed by atoms with van der Waals surface area (Å²) in [6.07, 6.45) is 2.28. The molecule has 3 aromatic rings. The number of imidazole rings is 1. The van der Waals surface area contributed by atoms with Gasteiger partial charge in [0.25, 0.3) is 0 Å². The molecule has 2 aromatic heterocycles. The van der Waals surface area contributed by atoms with E-state index in [0.29, 0.717) is 5.82 Å². The molecular weight excluding hydrogens is 274 g/mol. The fraction of sp³-hybridized carbons (Fsp3) is 0.412. The van der Waals surface area contributed by atoms with Gasteiger partial charge in [0.05, 0.1) is 17.6 Å². The normalized spacial score (nSPS) is 11.5. The maximum Gasteiger partial charge on any atom is 0.152 e. The topological polar surface area (TPSA) is 68.8 Å². The van der Waals surface area contributed by atoms with Crippen LogP contribution in [0.25, 0.3) is 21.9 Å². The molecule has 3 rings (SSSR count). The molecule has 0 aliphatic carbocycles. The van der Waals surface area contributed by atoms with Crippen LogP contribution in [0.1, 0.15) is 32.5 Å². The van der Waals surface area contributed by atoms with E-state index in [1.54, 1.807) is 0 Å². The third kappa shape index (κ3) is 2.52. The lowest BCUT2D eigenvalue weighted by Crippen LogP contribution is -2.16. The van der Waals surface area contributed by atoms with Crippen LogP contribution in [0.2, 0.25) is 0 Å². The zero-order valence-electron chi connectivity index (χ0n) is 13.3. The van der Waals surface area contributed by atoms with Gasteiger partial charge >= 0.3 is 0 Å². The summed E-state index contributed by atoms with van der Waals surface area (Å²) < 4.78 is 2.31. The minimum atomic E-state index is 0.515. The Hall–Kier alpha value is -2.14. The summed E-state index contributed by atoms with van der Waals surface area (Å²) in [5.41, 5.74) is 9.02. The number of para-hydroxylation sites is 1. The van der Waals surface area contributed by atoms with Gasteiger partial charge in [0.2, 0.25) is 0 Å². The summed E-state index contributed by atoms with van der Waals surface area (Å²) in [5.74, 6) is 1.55. The minimum absolute atomic E-state index is 0.515. The number of hydrogen-bond acceptors (Lipinski definition) is 4. The van der Waals surface area contributed by atoms with Gasteiger partial charge in [-0.1, -0.05) is 38.5 Å². The van der Waals surface area contributed by atoms with Gasteiger partial charge in [-0.2, -0.15) is 0 Å². The van der Waals surface area contributed by atoms with Gasteiger partial charge in [-0.15, -0.1) is 0 Å². The molecule has 0 atom stereocenters. The molecule has 0 bridgehead atoms. The van der Waals surface area contributed by atoms with Crippen LogP contribution < -0.4 is 11.1 Å². The van der Waals surface area contributed by atoms with Crippen LogP contribution in [0.3, 0.4) is 0 Å². The Balaban J connectivity index is 2.27. The van der Waals surface area contributed by atoms with Gasteiger partial charge in [-0.05, 0) is 19.0 Å². The number of unbranched alkanes of at least 4 members (excludes halogenated alkanes) is 1.